The Labute approximate surface area is 197 Å². The predicted molar refractivity (Wildman–Crippen MR) is 135 cm³/mol. The van der Waals surface area contributed by atoms with Gasteiger partial charge in [-0.1, -0.05) is 37.1 Å². The number of aromatic nitrogens is 1. The highest BCUT2D eigenvalue weighted by molar-refractivity contribution is 14.0. The maximum Gasteiger partial charge on any atom is 0.191 e. The van der Waals surface area contributed by atoms with Crippen LogP contribution in [0, 0.1) is 0 Å². The molecule has 3 rings (SSSR count). The Bertz CT molecular complexity index is 731. The molecular formula is C23H34IN5O. The number of nitrogens with zero attached hydrogens (tertiary/aromatic N) is 3. The van der Waals surface area contributed by atoms with Crippen molar-refractivity contribution in [1.29, 1.82) is 0 Å². The average Bonchev–Trinajstić information content (AvgIpc) is 3.06. The van der Waals surface area contributed by atoms with Crippen LogP contribution in [-0.2, 0) is 6.54 Å². The third-order valence-electron chi connectivity index (χ3n) is 5.05. The monoisotopic (exact) mass is 523 g/mol. The van der Waals surface area contributed by atoms with Crippen LogP contribution < -0.4 is 20.3 Å². The van der Waals surface area contributed by atoms with Gasteiger partial charge >= 0.3 is 0 Å². The molecule has 0 atom stereocenters. The zero-order valence-corrected chi connectivity index (χ0v) is 20.2. The van der Waals surface area contributed by atoms with Gasteiger partial charge in [0.15, 0.2) is 5.96 Å². The van der Waals surface area contributed by atoms with E-state index in [2.05, 4.69) is 37.6 Å². The zero-order valence-electron chi connectivity index (χ0n) is 17.8. The molecule has 0 spiro atoms. The maximum absolute atomic E-state index is 5.71. The van der Waals surface area contributed by atoms with Crippen molar-refractivity contribution in [3.05, 3.63) is 54.2 Å². The van der Waals surface area contributed by atoms with Crippen LogP contribution in [0.5, 0.6) is 5.75 Å². The molecule has 1 fully saturated rings. The lowest BCUT2D eigenvalue weighted by atomic mass is 10.2. The van der Waals surface area contributed by atoms with Gasteiger partial charge in [0.2, 0.25) is 0 Å². The molecule has 1 saturated heterocycles. The van der Waals surface area contributed by atoms with Crippen molar-refractivity contribution in [3.8, 4) is 5.75 Å². The van der Waals surface area contributed by atoms with E-state index in [4.69, 9.17) is 4.74 Å². The molecule has 7 heteroatoms. The van der Waals surface area contributed by atoms with E-state index >= 15 is 0 Å². The second kappa shape index (κ2) is 14.1. The molecule has 1 aliphatic rings. The summed E-state index contributed by atoms with van der Waals surface area (Å²) < 4.78 is 5.71. The number of pyridine rings is 1. The Kier molecular flexibility index (Phi) is 11.4. The summed E-state index contributed by atoms with van der Waals surface area (Å²) in [5.74, 6) is 2.80. The molecular weight excluding hydrogens is 489 g/mol. The molecule has 2 aromatic rings. The van der Waals surface area contributed by atoms with Crippen molar-refractivity contribution in [2.75, 3.05) is 38.2 Å². The van der Waals surface area contributed by atoms with Crippen molar-refractivity contribution in [2.24, 2.45) is 4.99 Å². The number of guanidine groups is 1. The number of hydrogen-bond acceptors (Lipinski definition) is 4. The van der Waals surface area contributed by atoms with Gasteiger partial charge in [-0.15, -0.1) is 24.0 Å². The molecule has 2 N–H and O–H groups in total. The predicted octanol–water partition coefficient (Wildman–Crippen LogP) is 4.21. The van der Waals surface area contributed by atoms with Gasteiger partial charge in [-0.2, -0.15) is 0 Å². The van der Waals surface area contributed by atoms with Crippen LogP contribution in [0.15, 0.2) is 53.7 Å². The van der Waals surface area contributed by atoms with E-state index in [1.807, 2.05) is 36.5 Å². The molecule has 164 valence electrons. The summed E-state index contributed by atoms with van der Waals surface area (Å²) in [6, 6.07) is 14.2. The largest absolute Gasteiger partial charge is 0.494 e. The van der Waals surface area contributed by atoms with Gasteiger partial charge in [-0.05, 0) is 43.0 Å². The van der Waals surface area contributed by atoms with Gasteiger partial charge in [0.05, 0.1) is 6.61 Å². The third kappa shape index (κ3) is 8.38. The lowest BCUT2D eigenvalue weighted by Crippen LogP contribution is -2.37. The fraction of sp³-hybridized carbons (Fsp3) is 0.478. The number of halogens is 1. The van der Waals surface area contributed by atoms with Crippen LogP contribution in [-0.4, -0.2) is 44.2 Å². The second-order valence-corrected chi connectivity index (χ2v) is 7.29. The molecule has 1 aromatic carbocycles. The molecule has 30 heavy (non-hydrogen) atoms. The SMILES string of the molecule is CN=C(NCCCOc1ccccc1)NCc1ccc(N2CCCCCC2)nc1.I. The smallest absolute Gasteiger partial charge is 0.191 e. The lowest BCUT2D eigenvalue weighted by molar-refractivity contribution is 0.311. The summed E-state index contributed by atoms with van der Waals surface area (Å²) in [7, 11) is 1.79. The van der Waals surface area contributed by atoms with E-state index in [0.29, 0.717) is 13.2 Å². The van der Waals surface area contributed by atoms with Gasteiger partial charge in [0.1, 0.15) is 11.6 Å². The second-order valence-electron chi connectivity index (χ2n) is 7.29. The van der Waals surface area contributed by atoms with Crippen molar-refractivity contribution >= 4 is 35.8 Å². The summed E-state index contributed by atoms with van der Waals surface area (Å²) in [5.41, 5.74) is 1.15. The minimum absolute atomic E-state index is 0. The van der Waals surface area contributed by atoms with Crippen LogP contribution >= 0.6 is 24.0 Å². The molecule has 1 aromatic heterocycles. The number of hydrogen-bond donors (Lipinski definition) is 2. The summed E-state index contributed by atoms with van der Waals surface area (Å²) in [5, 5.41) is 6.67. The van der Waals surface area contributed by atoms with E-state index in [1.165, 1.54) is 25.7 Å². The standard InChI is InChI=1S/C23H33N5O.HI/c1-24-23(25-14-9-17-29-21-10-5-4-6-11-21)27-19-20-12-13-22(26-18-20)28-15-7-2-3-8-16-28;/h4-6,10-13,18H,2-3,7-9,14-17,19H2,1H3,(H2,24,25,27);1H. The quantitative estimate of drug-likeness (QED) is 0.235. The van der Waals surface area contributed by atoms with Gasteiger partial charge in [-0.3, -0.25) is 4.99 Å². The molecule has 0 amide bonds. The average molecular weight is 523 g/mol. The van der Waals surface area contributed by atoms with Gasteiger partial charge in [-0.25, -0.2) is 4.98 Å². The molecule has 1 aliphatic heterocycles. The van der Waals surface area contributed by atoms with Crippen LogP contribution in [0.4, 0.5) is 5.82 Å². The molecule has 0 aliphatic carbocycles. The Morgan fingerprint density at radius 2 is 1.80 bits per heavy atom. The van der Waals surface area contributed by atoms with Crippen molar-refractivity contribution in [1.82, 2.24) is 15.6 Å². The number of para-hydroxylation sites is 1. The van der Waals surface area contributed by atoms with Crippen LogP contribution in [0.2, 0.25) is 0 Å². The van der Waals surface area contributed by atoms with E-state index in [1.54, 1.807) is 7.05 Å². The lowest BCUT2D eigenvalue weighted by Gasteiger charge is -2.21. The van der Waals surface area contributed by atoms with Crippen molar-refractivity contribution in [3.63, 3.8) is 0 Å². The van der Waals surface area contributed by atoms with Gasteiger partial charge in [0, 0.05) is 39.4 Å². The topological polar surface area (TPSA) is 61.8 Å². The Morgan fingerprint density at radius 1 is 1.03 bits per heavy atom. The molecule has 0 radical (unpaired) electrons. The highest BCUT2D eigenvalue weighted by atomic mass is 127. The first-order chi connectivity index (χ1) is 14.3. The summed E-state index contributed by atoms with van der Waals surface area (Å²) in [6.07, 6.45) is 8.08. The molecule has 0 unspecified atom stereocenters. The Hall–Kier alpha value is -2.03. The molecule has 2 heterocycles. The summed E-state index contributed by atoms with van der Waals surface area (Å²) in [6.45, 7) is 4.42. The fourth-order valence-corrected chi connectivity index (χ4v) is 3.40. The number of aliphatic imine (C=N–C) groups is 1. The number of ether oxygens (including phenoxy) is 1. The normalized spacial score (nSPS) is 14.4. The van der Waals surface area contributed by atoms with E-state index in [-0.39, 0.29) is 24.0 Å². The summed E-state index contributed by atoms with van der Waals surface area (Å²) in [4.78, 5) is 11.4. The summed E-state index contributed by atoms with van der Waals surface area (Å²) >= 11 is 0. The van der Waals surface area contributed by atoms with Gasteiger partial charge in [0.25, 0.3) is 0 Å². The molecule has 0 saturated carbocycles. The first kappa shape index (κ1) is 24.2. The maximum atomic E-state index is 5.71. The zero-order chi connectivity index (χ0) is 20.2. The molecule has 6 nitrogen and oxygen atoms in total. The van der Waals surface area contributed by atoms with Crippen LogP contribution in [0.25, 0.3) is 0 Å². The number of anilines is 1. The number of benzene rings is 1. The highest BCUT2D eigenvalue weighted by Gasteiger charge is 2.10. The van der Waals surface area contributed by atoms with Crippen molar-refractivity contribution < 1.29 is 4.74 Å². The van der Waals surface area contributed by atoms with E-state index in [9.17, 15) is 0 Å². The van der Waals surface area contributed by atoms with Crippen LogP contribution in [0.3, 0.4) is 0 Å². The molecule has 0 bridgehead atoms. The van der Waals surface area contributed by atoms with E-state index < -0.39 is 0 Å². The first-order valence-corrected chi connectivity index (χ1v) is 10.7. The number of rotatable bonds is 8. The van der Waals surface area contributed by atoms with E-state index in [0.717, 1.165) is 49.1 Å². The fourth-order valence-electron chi connectivity index (χ4n) is 3.40. The van der Waals surface area contributed by atoms with Crippen LogP contribution in [0.1, 0.15) is 37.7 Å². The highest BCUT2D eigenvalue weighted by Crippen LogP contribution is 2.17. The number of nitrogens with one attached hydrogen (secondary N) is 2. The Morgan fingerprint density at radius 3 is 2.47 bits per heavy atom. The third-order valence-corrected chi connectivity index (χ3v) is 5.05. The minimum atomic E-state index is 0. The van der Waals surface area contributed by atoms with Gasteiger partial charge < -0.3 is 20.3 Å². The van der Waals surface area contributed by atoms with Crippen molar-refractivity contribution in [2.45, 2.75) is 38.6 Å². The first-order valence-electron chi connectivity index (χ1n) is 10.7. The Balaban J connectivity index is 0.00000320. The minimum Gasteiger partial charge on any atom is -0.494 e.